The molecule has 2 aromatic carbocycles. The van der Waals surface area contributed by atoms with Crippen molar-refractivity contribution in [3.05, 3.63) is 54.1 Å². The molecule has 1 aromatic heterocycles. The van der Waals surface area contributed by atoms with Crippen LogP contribution in [0.15, 0.2) is 53.7 Å². The summed E-state index contributed by atoms with van der Waals surface area (Å²) >= 11 is 1.40. The number of rotatable bonds is 7. The highest BCUT2D eigenvalue weighted by molar-refractivity contribution is 8.00. The van der Waals surface area contributed by atoms with Gasteiger partial charge in [0.1, 0.15) is 0 Å². The fourth-order valence-corrected chi connectivity index (χ4v) is 4.46. The summed E-state index contributed by atoms with van der Waals surface area (Å²) in [5.74, 6) is 0.697. The van der Waals surface area contributed by atoms with E-state index in [1.807, 2.05) is 66.9 Å². The zero-order valence-electron chi connectivity index (χ0n) is 19.5. The lowest BCUT2D eigenvalue weighted by atomic mass is 10.2. The summed E-state index contributed by atoms with van der Waals surface area (Å²) < 4.78 is 7.55. The number of aryl methyl sites for hydroxylation is 1. The minimum absolute atomic E-state index is 0.0793. The van der Waals surface area contributed by atoms with Gasteiger partial charge in [0.25, 0.3) is 0 Å². The monoisotopic (exact) mass is 466 g/mol. The first-order valence-electron chi connectivity index (χ1n) is 11.0. The Labute approximate surface area is 198 Å². The molecular formula is C24H30N6O2S. The zero-order chi connectivity index (χ0) is 23.4. The minimum atomic E-state index is -0.358. The number of thioether (sulfide) groups is 1. The molecule has 0 aliphatic carbocycles. The van der Waals surface area contributed by atoms with Crippen LogP contribution in [0, 0.1) is 6.92 Å². The Bertz CT molecular complexity index is 1090. The second-order valence-corrected chi connectivity index (χ2v) is 9.55. The average Bonchev–Trinajstić information content (AvgIpc) is 3.23. The molecule has 1 aliphatic rings. The maximum Gasteiger partial charge on any atom is 0.237 e. The van der Waals surface area contributed by atoms with Gasteiger partial charge in [-0.1, -0.05) is 23.9 Å². The summed E-state index contributed by atoms with van der Waals surface area (Å²) in [6, 6.07) is 16.0. The third-order valence-electron chi connectivity index (χ3n) is 5.47. The van der Waals surface area contributed by atoms with Crippen LogP contribution in [0.4, 0.5) is 17.3 Å². The van der Waals surface area contributed by atoms with Crippen molar-refractivity contribution in [3.8, 4) is 5.69 Å². The number of amides is 1. The van der Waals surface area contributed by atoms with Gasteiger partial charge >= 0.3 is 0 Å². The number of hydrogen-bond acceptors (Lipinski definition) is 7. The Hall–Kier alpha value is -3.04. The van der Waals surface area contributed by atoms with Crippen molar-refractivity contribution in [2.75, 3.05) is 55.5 Å². The third-order valence-corrected chi connectivity index (χ3v) is 6.52. The molecule has 1 amide bonds. The molecule has 174 valence electrons. The lowest BCUT2D eigenvalue weighted by Crippen LogP contribution is -2.38. The summed E-state index contributed by atoms with van der Waals surface area (Å²) in [5.41, 5.74) is 3.98. The van der Waals surface area contributed by atoms with Crippen LogP contribution in [0.25, 0.3) is 5.69 Å². The summed E-state index contributed by atoms with van der Waals surface area (Å²) in [4.78, 5) is 17.1. The molecule has 3 aromatic rings. The van der Waals surface area contributed by atoms with E-state index >= 15 is 0 Å². The van der Waals surface area contributed by atoms with Crippen LogP contribution in [0.3, 0.4) is 0 Å². The Morgan fingerprint density at radius 3 is 2.52 bits per heavy atom. The van der Waals surface area contributed by atoms with Crippen LogP contribution in [0.5, 0.6) is 0 Å². The number of aromatic nitrogens is 3. The van der Waals surface area contributed by atoms with Gasteiger partial charge in [-0.3, -0.25) is 9.36 Å². The number of nitrogens with one attached hydrogen (secondary N) is 1. The number of morpholine rings is 1. The second kappa shape index (κ2) is 10.3. The fourth-order valence-electron chi connectivity index (χ4n) is 3.60. The van der Waals surface area contributed by atoms with Crippen molar-refractivity contribution < 1.29 is 9.53 Å². The van der Waals surface area contributed by atoms with Gasteiger partial charge in [-0.15, -0.1) is 10.2 Å². The predicted molar refractivity (Wildman–Crippen MR) is 134 cm³/mol. The molecule has 0 radical (unpaired) electrons. The van der Waals surface area contributed by atoms with Crippen LogP contribution in [-0.2, 0) is 9.53 Å². The molecule has 1 saturated heterocycles. The number of nitrogens with zero attached hydrogens (tertiary/aromatic N) is 5. The van der Waals surface area contributed by atoms with Crippen LogP contribution in [-0.4, -0.2) is 66.3 Å². The van der Waals surface area contributed by atoms with Gasteiger partial charge in [-0.05, 0) is 55.8 Å². The van der Waals surface area contributed by atoms with E-state index in [0.717, 1.165) is 41.7 Å². The van der Waals surface area contributed by atoms with Gasteiger partial charge in [-0.2, -0.15) is 0 Å². The second-order valence-electron chi connectivity index (χ2n) is 8.25. The molecule has 1 N–H and O–H groups in total. The van der Waals surface area contributed by atoms with Gasteiger partial charge in [0.05, 0.1) is 24.2 Å². The molecule has 1 atom stereocenters. The summed E-state index contributed by atoms with van der Waals surface area (Å²) in [6.07, 6.45) is 0. The molecule has 0 spiro atoms. The zero-order valence-corrected chi connectivity index (χ0v) is 20.3. The summed E-state index contributed by atoms with van der Waals surface area (Å²) in [5, 5.41) is 12.3. The van der Waals surface area contributed by atoms with E-state index in [1.165, 1.54) is 11.8 Å². The first-order valence-corrected chi connectivity index (χ1v) is 11.9. The number of anilines is 3. The maximum absolute atomic E-state index is 12.9. The highest BCUT2D eigenvalue weighted by Gasteiger charge is 2.25. The first kappa shape index (κ1) is 23.1. The van der Waals surface area contributed by atoms with E-state index in [-0.39, 0.29) is 11.2 Å². The number of benzene rings is 2. The molecule has 1 fully saturated rings. The minimum Gasteiger partial charge on any atom is -0.378 e. The molecule has 4 rings (SSSR count). The van der Waals surface area contributed by atoms with Gasteiger partial charge in [0, 0.05) is 38.6 Å². The topological polar surface area (TPSA) is 75.5 Å². The van der Waals surface area contributed by atoms with Gasteiger partial charge in [-0.25, -0.2) is 0 Å². The first-order chi connectivity index (χ1) is 15.9. The lowest BCUT2D eigenvalue weighted by molar-refractivity contribution is -0.115. The average molecular weight is 467 g/mol. The van der Waals surface area contributed by atoms with E-state index in [1.54, 1.807) is 0 Å². The number of carbonyl (C=O) groups excluding carboxylic acids is 1. The fraction of sp³-hybridized carbons (Fsp3) is 0.375. The van der Waals surface area contributed by atoms with E-state index in [4.69, 9.17) is 4.74 Å². The smallest absolute Gasteiger partial charge is 0.237 e. The normalized spacial score (nSPS) is 14.7. The van der Waals surface area contributed by atoms with Crippen LogP contribution in [0.2, 0.25) is 0 Å². The van der Waals surface area contributed by atoms with Crippen molar-refractivity contribution >= 4 is 35.0 Å². The van der Waals surface area contributed by atoms with Crippen molar-refractivity contribution in [2.45, 2.75) is 24.3 Å². The summed E-state index contributed by atoms with van der Waals surface area (Å²) in [6.45, 7) is 6.79. The number of ether oxygens (including phenoxy) is 1. The Morgan fingerprint density at radius 1 is 1.12 bits per heavy atom. The lowest BCUT2D eigenvalue weighted by Gasteiger charge is -2.28. The van der Waals surface area contributed by atoms with Crippen molar-refractivity contribution in [1.29, 1.82) is 0 Å². The highest BCUT2D eigenvalue weighted by atomic mass is 32.2. The Kier molecular flexibility index (Phi) is 7.20. The Balaban J connectivity index is 1.55. The van der Waals surface area contributed by atoms with Gasteiger partial charge in [0.15, 0.2) is 5.16 Å². The predicted octanol–water partition coefficient (Wildman–Crippen LogP) is 3.60. The molecule has 2 heterocycles. The van der Waals surface area contributed by atoms with E-state index in [2.05, 4.69) is 39.5 Å². The van der Waals surface area contributed by atoms with Crippen molar-refractivity contribution in [1.82, 2.24) is 14.8 Å². The SMILES string of the molecule is Cc1cccc(-n2c(SC(C)C(=O)Nc3ccc(N(C)C)cc3)nnc2N2CCOCC2)c1. The molecule has 33 heavy (non-hydrogen) atoms. The van der Waals surface area contributed by atoms with E-state index in [0.29, 0.717) is 18.4 Å². The highest BCUT2D eigenvalue weighted by Crippen LogP contribution is 2.30. The number of carbonyl (C=O) groups is 1. The van der Waals surface area contributed by atoms with Crippen LogP contribution in [0.1, 0.15) is 12.5 Å². The Morgan fingerprint density at radius 2 is 1.85 bits per heavy atom. The van der Waals surface area contributed by atoms with Crippen LogP contribution < -0.4 is 15.1 Å². The molecule has 0 bridgehead atoms. The maximum atomic E-state index is 12.9. The van der Waals surface area contributed by atoms with Crippen molar-refractivity contribution in [2.24, 2.45) is 0 Å². The molecule has 1 aliphatic heterocycles. The largest absolute Gasteiger partial charge is 0.378 e. The van der Waals surface area contributed by atoms with Gasteiger partial charge in [0.2, 0.25) is 11.9 Å². The molecular weight excluding hydrogens is 436 g/mol. The third kappa shape index (κ3) is 5.48. The molecule has 1 unspecified atom stereocenters. The molecule has 0 saturated carbocycles. The summed E-state index contributed by atoms with van der Waals surface area (Å²) in [7, 11) is 3.98. The van der Waals surface area contributed by atoms with Crippen LogP contribution >= 0.6 is 11.8 Å². The van der Waals surface area contributed by atoms with Gasteiger partial charge < -0.3 is 19.9 Å². The molecule has 9 heteroatoms. The quantitative estimate of drug-likeness (QED) is 0.533. The number of hydrogen-bond donors (Lipinski definition) is 1. The van der Waals surface area contributed by atoms with E-state index < -0.39 is 0 Å². The van der Waals surface area contributed by atoms with Crippen molar-refractivity contribution in [3.63, 3.8) is 0 Å². The standard InChI is InChI=1S/C24H30N6O2S/c1-17-6-5-7-21(16-17)30-23(29-12-14-32-15-13-29)26-27-24(30)33-18(2)22(31)25-19-8-10-20(11-9-19)28(3)4/h5-11,16,18H,12-15H2,1-4H3,(H,25,31). The van der Waals surface area contributed by atoms with E-state index in [9.17, 15) is 4.79 Å². The molecule has 8 nitrogen and oxygen atoms in total.